The number of nitrogens with zero attached hydrogens (tertiary/aromatic N) is 2. The van der Waals surface area contributed by atoms with Gasteiger partial charge in [-0.2, -0.15) is 0 Å². The minimum atomic E-state index is -1.07. The Morgan fingerprint density at radius 3 is 2.58 bits per heavy atom. The summed E-state index contributed by atoms with van der Waals surface area (Å²) in [7, 11) is 1.39. The minimum absolute atomic E-state index is 0.122. The summed E-state index contributed by atoms with van der Waals surface area (Å²) in [4.78, 5) is 32.8. The maximum atomic E-state index is 13.5. The first-order valence-corrected chi connectivity index (χ1v) is 13.4. The van der Waals surface area contributed by atoms with E-state index in [1.165, 1.54) is 29.4 Å². The predicted molar refractivity (Wildman–Crippen MR) is 149 cm³/mol. The number of aromatic hydroxyl groups is 1. The van der Waals surface area contributed by atoms with Gasteiger partial charge in [-0.05, 0) is 83.0 Å². The van der Waals surface area contributed by atoms with E-state index in [2.05, 4.69) is 20.9 Å². The molecular weight excluding hydrogens is 596 g/mol. The summed E-state index contributed by atoms with van der Waals surface area (Å²) < 4.78 is 11.8. The van der Waals surface area contributed by atoms with Crippen molar-refractivity contribution in [2.45, 2.75) is 13.0 Å². The molecule has 1 unspecified atom stereocenters. The molecule has 0 aliphatic carbocycles. The Morgan fingerprint density at radius 2 is 1.89 bits per heavy atom. The summed E-state index contributed by atoms with van der Waals surface area (Å²) >= 11 is 10.6. The van der Waals surface area contributed by atoms with Gasteiger partial charge in [0, 0.05) is 10.6 Å². The number of rotatable bonds is 6. The van der Waals surface area contributed by atoms with E-state index < -0.39 is 17.7 Å². The number of ether oxygens (including phenoxy) is 2. The number of methoxy groups -OCH3 is 1. The van der Waals surface area contributed by atoms with Crippen molar-refractivity contribution in [1.29, 1.82) is 0 Å². The van der Waals surface area contributed by atoms with Crippen molar-refractivity contribution in [3.63, 3.8) is 0 Å². The first kappa shape index (κ1) is 26.0. The van der Waals surface area contributed by atoms with Crippen molar-refractivity contribution in [2.75, 3.05) is 18.6 Å². The van der Waals surface area contributed by atoms with Crippen LogP contribution >= 0.6 is 38.9 Å². The summed E-state index contributed by atoms with van der Waals surface area (Å²) in [5.74, 6) is -1.50. The summed E-state index contributed by atoms with van der Waals surface area (Å²) in [6.45, 7) is 2.33. The molecule has 4 aromatic rings. The number of ketones is 1. The summed E-state index contributed by atoms with van der Waals surface area (Å²) in [5, 5.41) is 22.5. The number of amides is 1. The molecule has 38 heavy (non-hydrogen) atoms. The third kappa shape index (κ3) is 4.48. The molecule has 1 atom stereocenters. The van der Waals surface area contributed by atoms with Crippen LogP contribution in [0.5, 0.6) is 17.2 Å². The average Bonchev–Trinajstić information content (AvgIpc) is 3.43. The normalized spacial score (nSPS) is 16.8. The quantitative estimate of drug-likeness (QED) is 0.146. The predicted octanol–water partition coefficient (Wildman–Crippen LogP) is 6.45. The third-order valence-corrected chi connectivity index (χ3v) is 7.87. The molecule has 5 rings (SSSR count). The highest BCUT2D eigenvalue weighted by molar-refractivity contribution is 9.10. The number of aromatic nitrogens is 1. The number of benzene rings is 3. The van der Waals surface area contributed by atoms with Gasteiger partial charge in [-0.1, -0.05) is 22.9 Å². The van der Waals surface area contributed by atoms with Gasteiger partial charge in [0.1, 0.15) is 11.5 Å². The number of phenols is 1. The van der Waals surface area contributed by atoms with Gasteiger partial charge in [-0.25, -0.2) is 4.98 Å². The number of aliphatic hydroxyl groups excluding tert-OH is 1. The summed E-state index contributed by atoms with van der Waals surface area (Å²) in [6.07, 6.45) is 0. The molecule has 1 aliphatic heterocycles. The lowest BCUT2D eigenvalue weighted by molar-refractivity contribution is -0.132. The fourth-order valence-corrected chi connectivity index (χ4v) is 6.00. The number of hydrogen-bond donors (Lipinski definition) is 2. The second kappa shape index (κ2) is 10.3. The molecule has 11 heteroatoms. The number of carbonyl (C=O) groups is 2. The second-order valence-corrected chi connectivity index (χ2v) is 10.6. The number of halogens is 2. The van der Waals surface area contributed by atoms with Gasteiger partial charge in [0.05, 0.1) is 40.0 Å². The van der Waals surface area contributed by atoms with Gasteiger partial charge in [0.2, 0.25) is 0 Å². The number of fused-ring (bicyclic) bond motifs is 1. The molecule has 1 aliphatic rings. The standard InChI is InChI=1S/C27H20BrClN2O6S/c1-3-37-16-7-4-13(5-8-16)23(32)21-22(14-10-17(28)24(33)19(11-14)36-2)31(26(35)25(21)34)27-30-18-9-6-15(29)12-20(18)38-27/h4-12,22,32-33H,3H2,1-2H3. The molecule has 0 saturated carbocycles. The maximum absolute atomic E-state index is 13.5. The number of aliphatic hydroxyl groups is 1. The van der Waals surface area contributed by atoms with Crippen LogP contribution in [0.2, 0.25) is 5.02 Å². The highest BCUT2D eigenvalue weighted by Gasteiger charge is 2.48. The summed E-state index contributed by atoms with van der Waals surface area (Å²) in [6, 6.07) is 13.7. The zero-order chi connectivity index (χ0) is 27.1. The lowest BCUT2D eigenvalue weighted by Crippen LogP contribution is -2.29. The maximum Gasteiger partial charge on any atom is 0.301 e. The Labute approximate surface area is 234 Å². The number of phenolic OH excluding ortho intramolecular Hbond substituents is 1. The molecule has 194 valence electrons. The number of anilines is 1. The smallest absolute Gasteiger partial charge is 0.301 e. The lowest BCUT2D eigenvalue weighted by atomic mass is 9.95. The zero-order valence-corrected chi connectivity index (χ0v) is 23.2. The topological polar surface area (TPSA) is 109 Å². The summed E-state index contributed by atoms with van der Waals surface area (Å²) in [5.41, 5.74) is 1.22. The molecular formula is C27H20BrClN2O6S. The van der Waals surface area contributed by atoms with Crippen molar-refractivity contribution in [2.24, 2.45) is 0 Å². The zero-order valence-electron chi connectivity index (χ0n) is 20.1. The Kier molecular flexibility index (Phi) is 7.04. The lowest BCUT2D eigenvalue weighted by Gasteiger charge is -2.24. The van der Waals surface area contributed by atoms with Crippen LogP contribution in [0.15, 0.2) is 64.6 Å². The van der Waals surface area contributed by atoms with E-state index in [1.807, 2.05) is 6.92 Å². The first-order valence-electron chi connectivity index (χ1n) is 11.4. The molecule has 1 amide bonds. The van der Waals surface area contributed by atoms with Crippen molar-refractivity contribution in [1.82, 2.24) is 4.98 Å². The van der Waals surface area contributed by atoms with Crippen LogP contribution in [0.1, 0.15) is 24.1 Å². The van der Waals surface area contributed by atoms with Gasteiger partial charge in [-0.15, -0.1) is 0 Å². The van der Waals surface area contributed by atoms with Gasteiger partial charge < -0.3 is 19.7 Å². The van der Waals surface area contributed by atoms with Crippen molar-refractivity contribution < 1.29 is 29.3 Å². The Hall–Kier alpha value is -3.60. The van der Waals surface area contributed by atoms with Crippen LogP contribution < -0.4 is 14.4 Å². The van der Waals surface area contributed by atoms with Crippen LogP contribution in [0.3, 0.4) is 0 Å². The third-order valence-electron chi connectivity index (χ3n) is 6.01. The molecule has 0 spiro atoms. The largest absolute Gasteiger partial charge is 0.507 e. The molecule has 0 bridgehead atoms. The van der Waals surface area contributed by atoms with E-state index >= 15 is 0 Å². The Bertz CT molecular complexity index is 1620. The van der Waals surface area contributed by atoms with Crippen LogP contribution in [0.4, 0.5) is 5.13 Å². The van der Waals surface area contributed by atoms with Crippen molar-refractivity contribution in [3.8, 4) is 17.2 Å². The SMILES string of the molecule is CCOc1ccc(C(O)=C2C(=O)C(=O)N(c3nc4ccc(Cl)cc4s3)C2c2cc(Br)c(O)c(OC)c2)cc1. The Morgan fingerprint density at radius 1 is 1.16 bits per heavy atom. The van der Waals surface area contributed by atoms with Gasteiger partial charge in [0.15, 0.2) is 16.6 Å². The van der Waals surface area contributed by atoms with Crippen LogP contribution in [0, 0.1) is 0 Å². The van der Waals surface area contributed by atoms with Gasteiger partial charge in [0.25, 0.3) is 5.78 Å². The van der Waals surface area contributed by atoms with Crippen molar-refractivity contribution >= 4 is 71.7 Å². The molecule has 0 radical (unpaired) electrons. The number of hydrogen-bond acceptors (Lipinski definition) is 8. The van der Waals surface area contributed by atoms with E-state index in [0.717, 1.165) is 4.70 Å². The van der Waals surface area contributed by atoms with Crippen molar-refractivity contribution in [3.05, 3.63) is 80.8 Å². The molecule has 3 aromatic carbocycles. The highest BCUT2D eigenvalue weighted by Crippen LogP contribution is 2.47. The van der Waals surface area contributed by atoms with E-state index in [9.17, 15) is 19.8 Å². The second-order valence-electron chi connectivity index (χ2n) is 8.29. The van der Waals surface area contributed by atoms with Crippen LogP contribution in [0.25, 0.3) is 16.0 Å². The molecule has 2 heterocycles. The van der Waals surface area contributed by atoms with E-state index in [-0.39, 0.29) is 32.4 Å². The minimum Gasteiger partial charge on any atom is -0.507 e. The fourth-order valence-electron chi connectivity index (χ4n) is 4.27. The van der Waals surface area contributed by atoms with Crippen LogP contribution in [-0.4, -0.2) is 40.6 Å². The van der Waals surface area contributed by atoms with Gasteiger partial charge >= 0.3 is 5.91 Å². The monoisotopic (exact) mass is 614 g/mol. The van der Waals surface area contributed by atoms with Gasteiger partial charge in [-0.3, -0.25) is 14.5 Å². The van der Waals surface area contributed by atoms with E-state index in [0.29, 0.717) is 34.0 Å². The highest BCUT2D eigenvalue weighted by atomic mass is 79.9. The fraction of sp³-hybridized carbons (Fsp3) is 0.148. The molecule has 1 fully saturated rings. The van der Waals surface area contributed by atoms with E-state index in [1.54, 1.807) is 48.5 Å². The number of carbonyl (C=O) groups excluding carboxylic acids is 2. The average molecular weight is 616 g/mol. The van der Waals surface area contributed by atoms with E-state index in [4.69, 9.17) is 21.1 Å². The number of Topliss-reactive ketones (excluding diaryl/α,β-unsaturated/α-hetero) is 1. The first-order chi connectivity index (χ1) is 18.2. The molecule has 1 saturated heterocycles. The van der Waals surface area contributed by atoms with Crippen LogP contribution in [-0.2, 0) is 9.59 Å². The Balaban J connectivity index is 1.73. The molecule has 8 nitrogen and oxygen atoms in total. The molecule has 2 N–H and O–H groups in total. The molecule has 1 aromatic heterocycles. The number of thiazole rings is 1.